The second kappa shape index (κ2) is 2.66. The number of aromatic nitrogens is 2. The molecule has 3 heteroatoms. The molecule has 0 amide bonds. The molecule has 3 N–H and O–H groups in total. The summed E-state index contributed by atoms with van der Waals surface area (Å²) in [5, 5.41) is 0. The maximum atomic E-state index is 5.79. The van der Waals surface area contributed by atoms with Gasteiger partial charge in [-0.2, -0.15) is 0 Å². The van der Waals surface area contributed by atoms with Gasteiger partial charge in [-0.25, -0.2) is 4.98 Å². The molecule has 1 aromatic rings. The maximum absolute atomic E-state index is 5.79. The minimum Gasteiger partial charge on any atom is -0.348 e. The Balaban J connectivity index is 2.08. The molecule has 2 rings (SSSR count). The Bertz CT molecular complexity index is 217. The van der Waals surface area contributed by atoms with Crippen molar-refractivity contribution < 1.29 is 0 Å². The van der Waals surface area contributed by atoms with Gasteiger partial charge in [-0.1, -0.05) is 0 Å². The molecule has 0 spiro atoms. The molecule has 0 bridgehead atoms. The first-order valence-electron chi connectivity index (χ1n) is 4.11. The summed E-state index contributed by atoms with van der Waals surface area (Å²) in [7, 11) is 0. The van der Waals surface area contributed by atoms with Crippen LogP contribution in [0.1, 0.15) is 31.0 Å². The first kappa shape index (κ1) is 6.85. The summed E-state index contributed by atoms with van der Waals surface area (Å²) in [5.41, 5.74) is 5.79. The van der Waals surface area contributed by atoms with E-state index in [0.29, 0.717) is 12.0 Å². The molecule has 0 saturated heterocycles. The molecular weight excluding hydrogens is 138 g/mol. The maximum Gasteiger partial charge on any atom is 0.109 e. The standard InChI is InChI=1S/C8H13N3/c9-7-2-1-6(5-7)8-10-3-4-11-8/h3-4,6-7H,1-2,5,9H2,(H,10,11)/t6-,7-/m0/s1. The second-order valence-electron chi connectivity index (χ2n) is 3.24. The number of nitrogens with one attached hydrogen (secondary N) is 1. The van der Waals surface area contributed by atoms with E-state index in [-0.39, 0.29) is 0 Å². The van der Waals surface area contributed by atoms with Gasteiger partial charge in [-0.3, -0.25) is 0 Å². The van der Waals surface area contributed by atoms with E-state index >= 15 is 0 Å². The topological polar surface area (TPSA) is 54.7 Å². The fourth-order valence-electron chi connectivity index (χ4n) is 1.77. The lowest BCUT2D eigenvalue weighted by molar-refractivity contribution is 0.650. The van der Waals surface area contributed by atoms with E-state index in [4.69, 9.17) is 5.73 Å². The number of nitrogens with zero attached hydrogens (tertiary/aromatic N) is 1. The van der Waals surface area contributed by atoms with Crippen LogP contribution in [0.3, 0.4) is 0 Å². The quantitative estimate of drug-likeness (QED) is 0.629. The van der Waals surface area contributed by atoms with Gasteiger partial charge >= 0.3 is 0 Å². The van der Waals surface area contributed by atoms with Crippen LogP contribution in [0.2, 0.25) is 0 Å². The van der Waals surface area contributed by atoms with E-state index in [2.05, 4.69) is 9.97 Å². The number of hydrogen-bond acceptors (Lipinski definition) is 2. The van der Waals surface area contributed by atoms with Crippen LogP contribution in [0.15, 0.2) is 12.4 Å². The van der Waals surface area contributed by atoms with E-state index in [1.54, 1.807) is 6.20 Å². The molecule has 0 unspecified atom stereocenters. The molecule has 1 aromatic heterocycles. The van der Waals surface area contributed by atoms with Gasteiger partial charge in [-0.15, -0.1) is 0 Å². The summed E-state index contributed by atoms with van der Waals surface area (Å²) in [4.78, 5) is 7.35. The lowest BCUT2D eigenvalue weighted by Crippen LogP contribution is -2.14. The summed E-state index contributed by atoms with van der Waals surface area (Å²) in [5.74, 6) is 1.69. The third-order valence-corrected chi connectivity index (χ3v) is 2.38. The highest BCUT2D eigenvalue weighted by molar-refractivity contribution is 5.01. The molecule has 1 aliphatic rings. The normalized spacial score (nSPS) is 31.0. The number of rotatable bonds is 1. The zero-order valence-electron chi connectivity index (χ0n) is 6.46. The smallest absolute Gasteiger partial charge is 0.109 e. The molecule has 60 valence electrons. The van der Waals surface area contributed by atoms with Gasteiger partial charge in [0.15, 0.2) is 0 Å². The first-order chi connectivity index (χ1) is 5.36. The zero-order chi connectivity index (χ0) is 7.68. The van der Waals surface area contributed by atoms with Gasteiger partial charge in [0, 0.05) is 24.4 Å². The Morgan fingerprint density at radius 1 is 1.55 bits per heavy atom. The summed E-state index contributed by atoms with van der Waals surface area (Å²) in [6.07, 6.45) is 7.10. The van der Waals surface area contributed by atoms with E-state index in [1.807, 2.05) is 6.20 Å². The van der Waals surface area contributed by atoms with Crippen LogP contribution < -0.4 is 5.73 Å². The molecule has 11 heavy (non-hydrogen) atoms. The number of H-pyrrole nitrogens is 1. The van der Waals surface area contributed by atoms with Crippen LogP contribution in [0.25, 0.3) is 0 Å². The number of imidazole rings is 1. The third-order valence-electron chi connectivity index (χ3n) is 2.38. The fourth-order valence-corrected chi connectivity index (χ4v) is 1.77. The van der Waals surface area contributed by atoms with Crippen molar-refractivity contribution >= 4 is 0 Å². The molecule has 0 aliphatic heterocycles. The van der Waals surface area contributed by atoms with E-state index in [9.17, 15) is 0 Å². The van der Waals surface area contributed by atoms with Gasteiger partial charge in [0.1, 0.15) is 5.82 Å². The Hall–Kier alpha value is -0.830. The molecular formula is C8H13N3. The monoisotopic (exact) mass is 151 g/mol. The largest absolute Gasteiger partial charge is 0.348 e. The fraction of sp³-hybridized carbons (Fsp3) is 0.625. The van der Waals surface area contributed by atoms with Crippen molar-refractivity contribution in [2.45, 2.75) is 31.2 Å². The summed E-state index contributed by atoms with van der Waals surface area (Å²) in [6, 6.07) is 0.394. The summed E-state index contributed by atoms with van der Waals surface area (Å²) in [6.45, 7) is 0. The molecule has 1 fully saturated rings. The zero-order valence-corrected chi connectivity index (χ0v) is 6.46. The molecule has 1 heterocycles. The molecule has 1 saturated carbocycles. The minimum absolute atomic E-state index is 0.394. The van der Waals surface area contributed by atoms with Crippen molar-refractivity contribution in [2.75, 3.05) is 0 Å². The number of nitrogens with two attached hydrogens (primary N) is 1. The predicted molar refractivity (Wildman–Crippen MR) is 43.2 cm³/mol. The van der Waals surface area contributed by atoms with Crippen LogP contribution >= 0.6 is 0 Å². The Morgan fingerprint density at radius 3 is 3.00 bits per heavy atom. The SMILES string of the molecule is N[C@H]1CC[C@H](c2ncc[nH]2)C1. The summed E-state index contributed by atoms with van der Waals surface area (Å²) < 4.78 is 0. The Kier molecular flexibility index (Phi) is 1.66. The lowest BCUT2D eigenvalue weighted by atomic mass is 10.1. The summed E-state index contributed by atoms with van der Waals surface area (Å²) >= 11 is 0. The minimum atomic E-state index is 0.394. The molecule has 0 radical (unpaired) electrons. The lowest BCUT2D eigenvalue weighted by Gasteiger charge is -2.03. The second-order valence-corrected chi connectivity index (χ2v) is 3.24. The van der Waals surface area contributed by atoms with E-state index in [0.717, 1.165) is 18.7 Å². The highest BCUT2D eigenvalue weighted by Crippen LogP contribution is 2.30. The molecule has 3 nitrogen and oxygen atoms in total. The average molecular weight is 151 g/mol. The van der Waals surface area contributed by atoms with Crippen LogP contribution in [0, 0.1) is 0 Å². The highest BCUT2D eigenvalue weighted by atomic mass is 14.9. The van der Waals surface area contributed by atoms with Gasteiger partial charge in [0.25, 0.3) is 0 Å². The van der Waals surface area contributed by atoms with E-state index < -0.39 is 0 Å². The van der Waals surface area contributed by atoms with Crippen molar-refractivity contribution in [3.63, 3.8) is 0 Å². The van der Waals surface area contributed by atoms with Crippen LogP contribution in [-0.2, 0) is 0 Å². The van der Waals surface area contributed by atoms with Crippen LogP contribution in [0.4, 0.5) is 0 Å². The number of hydrogen-bond donors (Lipinski definition) is 2. The van der Waals surface area contributed by atoms with E-state index in [1.165, 1.54) is 6.42 Å². The number of aromatic amines is 1. The van der Waals surface area contributed by atoms with Crippen molar-refractivity contribution in [1.29, 1.82) is 0 Å². The third kappa shape index (κ3) is 1.28. The molecule has 2 atom stereocenters. The van der Waals surface area contributed by atoms with Crippen molar-refractivity contribution in [3.05, 3.63) is 18.2 Å². The first-order valence-corrected chi connectivity index (χ1v) is 4.11. The van der Waals surface area contributed by atoms with Crippen LogP contribution in [-0.4, -0.2) is 16.0 Å². The van der Waals surface area contributed by atoms with Gasteiger partial charge < -0.3 is 10.7 Å². The van der Waals surface area contributed by atoms with Crippen molar-refractivity contribution in [1.82, 2.24) is 9.97 Å². The Labute approximate surface area is 66.0 Å². The van der Waals surface area contributed by atoms with Crippen molar-refractivity contribution in [3.8, 4) is 0 Å². The average Bonchev–Trinajstić information content (AvgIpc) is 2.55. The van der Waals surface area contributed by atoms with Gasteiger partial charge in [0.05, 0.1) is 0 Å². The van der Waals surface area contributed by atoms with Crippen LogP contribution in [0.5, 0.6) is 0 Å². The van der Waals surface area contributed by atoms with Crippen molar-refractivity contribution in [2.24, 2.45) is 5.73 Å². The molecule has 1 aliphatic carbocycles. The predicted octanol–water partition coefficient (Wildman–Crippen LogP) is 1.00. The van der Waals surface area contributed by atoms with Gasteiger partial charge in [0.2, 0.25) is 0 Å². The molecule has 0 aromatic carbocycles. The van der Waals surface area contributed by atoms with Gasteiger partial charge in [-0.05, 0) is 19.3 Å². The highest BCUT2D eigenvalue weighted by Gasteiger charge is 2.24. The Morgan fingerprint density at radius 2 is 2.45 bits per heavy atom.